The maximum Gasteiger partial charge on any atom is 0.254 e. The topological polar surface area (TPSA) is 82.8 Å². The highest BCUT2D eigenvalue weighted by Gasteiger charge is 2.29. The number of aromatic nitrogens is 2. The minimum atomic E-state index is -0.423. The van der Waals surface area contributed by atoms with Gasteiger partial charge in [-0.3, -0.25) is 19.2 Å². The van der Waals surface area contributed by atoms with E-state index in [0.717, 1.165) is 67.8 Å². The number of hydrogen-bond acceptors (Lipinski definition) is 5. The van der Waals surface area contributed by atoms with Crippen molar-refractivity contribution in [2.75, 3.05) is 46.3 Å². The molecular weight excluding hydrogens is 428 g/mol. The Bertz CT molecular complexity index is 1140. The lowest BCUT2D eigenvalue weighted by atomic mass is 9.93. The van der Waals surface area contributed by atoms with Crippen LogP contribution in [0.5, 0.6) is 0 Å². The highest BCUT2D eigenvalue weighted by Crippen LogP contribution is 2.32. The van der Waals surface area contributed by atoms with Gasteiger partial charge in [0.05, 0.1) is 29.2 Å². The van der Waals surface area contributed by atoms with Gasteiger partial charge in [-0.1, -0.05) is 18.9 Å². The first-order valence-corrected chi connectivity index (χ1v) is 12.4. The molecule has 1 aliphatic carbocycles. The van der Waals surface area contributed by atoms with E-state index in [0.29, 0.717) is 11.6 Å². The Morgan fingerprint density at radius 1 is 1.15 bits per heavy atom. The van der Waals surface area contributed by atoms with E-state index >= 15 is 0 Å². The first-order valence-electron chi connectivity index (χ1n) is 12.4. The molecule has 3 aliphatic rings. The molecule has 2 aliphatic heterocycles. The molecule has 2 aromatic rings. The van der Waals surface area contributed by atoms with E-state index in [1.807, 2.05) is 31.2 Å². The first kappa shape index (κ1) is 22.9. The van der Waals surface area contributed by atoms with Crippen LogP contribution in [0, 0.1) is 5.92 Å². The number of aliphatic imine (C=N–C) groups is 1. The zero-order valence-electron chi connectivity index (χ0n) is 20.2. The number of carbonyl (C=O) groups is 2. The summed E-state index contributed by atoms with van der Waals surface area (Å²) in [5.41, 5.74) is 3.38. The van der Waals surface area contributed by atoms with Gasteiger partial charge in [0.2, 0.25) is 0 Å². The molecule has 180 valence electrons. The zero-order valence-corrected chi connectivity index (χ0v) is 20.2. The molecule has 34 heavy (non-hydrogen) atoms. The summed E-state index contributed by atoms with van der Waals surface area (Å²) < 4.78 is 2.08. The minimum absolute atomic E-state index is 0.170. The number of nitrogens with zero attached hydrogens (tertiary/aromatic N) is 5. The van der Waals surface area contributed by atoms with E-state index in [-0.39, 0.29) is 18.4 Å². The maximum atomic E-state index is 13.2. The molecule has 5 rings (SSSR count). The minimum Gasteiger partial charge on any atom is -0.351 e. The van der Waals surface area contributed by atoms with Crippen molar-refractivity contribution in [3.63, 3.8) is 0 Å². The van der Waals surface area contributed by atoms with Crippen molar-refractivity contribution in [2.24, 2.45) is 10.9 Å². The van der Waals surface area contributed by atoms with E-state index in [4.69, 9.17) is 0 Å². The van der Waals surface area contributed by atoms with E-state index < -0.39 is 5.92 Å². The van der Waals surface area contributed by atoms with Gasteiger partial charge in [-0.25, -0.2) is 4.99 Å². The first-order chi connectivity index (χ1) is 16.5. The zero-order chi connectivity index (χ0) is 23.7. The van der Waals surface area contributed by atoms with Crippen molar-refractivity contribution in [2.45, 2.75) is 38.6 Å². The predicted octanol–water partition coefficient (Wildman–Crippen LogP) is 2.67. The Labute approximate surface area is 200 Å². The van der Waals surface area contributed by atoms with Crippen molar-refractivity contribution in [1.29, 1.82) is 0 Å². The number of amides is 2. The van der Waals surface area contributed by atoms with E-state index in [1.165, 1.54) is 12.8 Å². The summed E-state index contributed by atoms with van der Waals surface area (Å²) in [6.07, 6.45) is 8.56. The van der Waals surface area contributed by atoms with Gasteiger partial charge in [-0.05, 0) is 50.6 Å². The second-order valence-electron chi connectivity index (χ2n) is 9.92. The third-order valence-corrected chi connectivity index (χ3v) is 7.45. The van der Waals surface area contributed by atoms with Crippen LogP contribution in [0.4, 0.5) is 0 Å². The third-order valence-electron chi connectivity index (χ3n) is 7.45. The molecule has 1 aromatic carbocycles. The molecule has 2 fully saturated rings. The fourth-order valence-corrected chi connectivity index (χ4v) is 5.45. The normalized spacial score (nSPS) is 22.8. The standard InChI is InChI=1S/C26H34N6O2/c1-18-14-19(17-31-12-10-30(2)11-13-31)22(26(34)29-18)15-27-25(33)21-8-5-9-24-23(21)16-28-32(24)20-6-3-4-7-20/h5,8-9,14,16,20,22H,3-4,6-7,10-13,15,17H2,1-2H3,(H,27,33). The molecule has 2 amide bonds. The molecule has 3 heterocycles. The van der Waals surface area contributed by atoms with Crippen LogP contribution in [0.2, 0.25) is 0 Å². The summed E-state index contributed by atoms with van der Waals surface area (Å²) in [5.74, 6) is -0.765. The third kappa shape index (κ3) is 4.70. The lowest BCUT2D eigenvalue weighted by Crippen LogP contribution is -2.46. The molecule has 0 bridgehead atoms. The number of nitrogens with one attached hydrogen (secondary N) is 1. The average Bonchev–Trinajstić information content (AvgIpc) is 3.49. The summed E-state index contributed by atoms with van der Waals surface area (Å²) in [6.45, 7) is 6.84. The van der Waals surface area contributed by atoms with Gasteiger partial charge in [-0.15, -0.1) is 0 Å². The molecule has 1 atom stereocenters. The maximum absolute atomic E-state index is 13.2. The van der Waals surface area contributed by atoms with Crippen LogP contribution in [-0.4, -0.2) is 83.4 Å². The second kappa shape index (κ2) is 9.80. The van der Waals surface area contributed by atoms with Gasteiger partial charge < -0.3 is 10.2 Å². The molecule has 0 spiro atoms. The Hall–Kier alpha value is -2.84. The van der Waals surface area contributed by atoms with Crippen molar-refractivity contribution in [3.8, 4) is 0 Å². The Morgan fingerprint density at radius 3 is 2.68 bits per heavy atom. The van der Waals surface area contributed by atoms with Crippen LogP contribution in [0.3, 0.4) is 0 Å². The number of likely N-dealkylation sites (N-methyl/N-ethyl adjacent to an activating group) is 1. The molecule has 1 unspecified atom stereocenters. The number of dihydropyridines is 1. The fraction of sp³-hybridized carbons (Fsp3) is 0.538. The summed E-state index contributed by atoms with van der Waals surface area (Å²) >= 11 is 0. The number of allylic oxidation sites excluding steroid dienone is 1. The number of fused-ring (bicyclic) bond motifs is 1. The highest BCUT2D eigenvalue weighted by molar-refractivity contribution is 6.07. The lowest BCUT2D eigenvalue weighted by molar-refractivity contribution is -0.120. The van der Waals surface area contributed by atoms with E-state index in [1.54, 1.807) is 6.20 Å². The van der Waals surface area contributed by atoms with Gasteiger partial charge in [0, 0.05) is 50.4 Å². The summed E-state index contributed by atoms with van der Waals surface area (Å²) in [6, 6.07) is 6.21. The van der Waals surface area contributed by atoms with Crippen LogP contribution in [0.25, 0.3) is 10.9 Å². The van der Waals surface area contributed by atoms with Crippen LogP contribution >= 0.6 is 0 Å². The van der Waals surface area contributed by atoms with Gasteiger partial charge in [0.15, 0.2) is 0 Å². The van der Waals surface area contributed by atoms with E-state index in [9.17, 15) is 9.59 Å². The van der Waals surface area contributed by atoms with Crippen molar-refractivity contribution < 1.29 is 9.59 Å². The summed E-state index contributed by atoms with van der Waals surface area (Å²) in [5, 5.41) is 8.51. The average molecular weight is 463 g/mol. The number of hydrogen-bond donors (Lipinski definition) is 1. The predicted molar refractivity (Wildman–Crippen MR) is 133 cm³/mol. The number of benzene rings is 1. The molecule has 0 radical (unpaired) electrons. The molecule has 1 saturated heterocycles. The monoisotopic (exact) mass is 462 g/mol. The molecule has 1 saturated carbocycles. The second-order valence-corrected chi connectivity index (χ2v) is 9.92. The SMILES string of the molecule is CC1=NC(=O)C(CNC(=O)c2cccc3c2cnn3C2CCCC2)C(CN2CCN(C)CC2)=C1. The van der Waals surface area contributed by atoms with Gasteiger partial charge in [-0.2, -0.15) is 5.10 Å². The Balaban J connectivity index is 1.29. The van der Waals surface area contributed by atoms with Crippen LogP contribution < -0.4 is 5.32 Å². The van der Waals surface area contributed by atoms with Crippen LogP contribution in [0.15, 0.2) is 41.0 Å². The quantitative estimate of drug-likeness (QED) is 0.714. The van der Waals surface area contributed by atoms with Gasteiger partial charge in [0.25, 0.3) is 11.8 Å². The number of piperazine rings is 1. The fourth-order valence-electron chi connectivity index (χ4n) is 5.45. The van der Waals surface area contributed by atoms with Crippen LogP contribution in [0.1, 0.15) is 49.0 Å². The molecule has 1 aromatic heterocycles. The largest absolute Gasteiger partial charge is 0.351 e. The summed E-state index contributed by atoms with van der Waals surface area (Å²) in [7, 11) is 2.13. The van der Waals surface area contributed by atoms with Crippen LogP contribution in [-0.2, 0) is 4.79 Å². The lowest BCUT2D eigenvalue weighted by Gasteiger charge is -2.34. The highest BCUT2D eigenvalue weighted by atomic mass is 16.2. The molecular formula is C26H34N6O2. The smallest absolute Gasteiger partial charge is 0.254 e. The van der Waals surface area contributed by atoms with Crippen molar-refractivity contribution in [1.82, 2.24) is 24.9 Å². The molecule has 1 N–H and O–H groups in total. The summed E-state index contributed by atoms with van der Waals surface area (Å²) in [4.78, 5) is 34.9. The molecule has 8 heteroatoms. The number of rotatable bonds is 6. The Kier molecular flexibility index (Phi) is 6.61. The number of carbonyl (C=O) groups excluding carboxylic acids is 2. The van der Waals surface area contributed by atoms with E-state index in [2.05, 4.69) is 36.9 Å². The van der Waals surface area contributed by atoms with Crippen molar-refractivity contribution in [3.05, 3.63) is 41.6 Å². The molecule has 8 nitrogen and oxygen atoms in total. The Morgan fingerprint density at radius 2 is 1.91 bits per heavy atom. The van der Waals surface area contributed by atoms with Crippen molar-refractivity contribution >= 4 is 28.4 Å². The van der Waals surface area contributed by atoms with Gasteiger partial charge in [0.1, 0.15) is 0 Å². The van der Waals surface area contributed by atoms with Gasteiger partial charge >= 0.3 is 0 Å².